The predicted octanol–water partition coefficient (Wildman–Crippen LogP) is 2.99. The minimum atomic E-state index is -1.88. The topological polar surface area (TPSA) is 33.0 Å². The Hall–Kier alpha value is 0.100. The van der Waals surface area contributed by atoms with Crippen molar-refractivity contribution in [2.24, 2.45) is 5.92 Å². The summed E-state index contributed by atoms with van der Waals surface area (Å²) in [5.41, 5.74) is -0.0822. The second kappa shape index (κ2) is 5.75. The summed E-state index contributed by atoms with van der Waals surface area (Å²) < 4.78 is 5.64. The van der Waals surface area contributed by atoms with E-state index >= 15 is 0 Å². The molecule has 0 saturated heterocycles. The molecule has 0 aliphatic heterocycles. The smallest absolute Gasteiger partial charge is 0.0971 e. The fourth-order valence-corrected chi connectivity index (χ4v) is 3.33. The van der Waals surface area contributed by atoms with Crippen LogP contribution in [0.4, 0.5) is 0 Å². The van der Waals surface area contributed by atoms with E-state index in [0.717, 1.165) is 6.42 Å². The zero-order valence-electron chi connectivity index (χ0n) is 8.78. The van der Waals surface area contributed by atoms with E-state index in [-0.39, 0.29) is 5.66 Å². The molecule has 0 aliphatic rings. The van der Waals surface area contributed by atoms with E-state index in [1.54, 1.807) is 0 Å². The maximum Gasteiger partial charge on any atom is 0.0971 e. The van der Waals surface area contributed by atoms with Crippen molar-refractivity contribution in [3.05, 3.63) is 0 Å². The van der Waals surface area contributed by atoms with Crippen molar-refractivity contribution in [1.82, 2.24) is 0 Å². The molecule has 13 heavy (non-hydrogen) atoms. The third-order valence-electron chi connectivity index (χ3n) is 1.77. The Labute approximate surface area is 86.4 Å². The van der Waals surface area contributed by atoms with Crippen molar-refractivity contribution < 1.29 is 4.52 Å². The van der Waals surface area contributed by atoms with Crippen LogP contribution >= 0.6 is 6.26 Å². The Morgan fingerprint density at radius 2 is 2.08 bits per heavy atom. The van der Waals surface area contributed by atoms with Gasteiger partial charge in [-0.3, -0.25) is 0 Å². The standard InChI is InChI=1S/C9H18NOPS/c1-5-9(6-10)12(4,13)11-7-8(2)3/h8-9H,5,7H2,1-4H3/t9-,12+/m1/s1. The van der Waals surface area contributed by atoms with Crippen LogP contribution in [0, 0.1) is 17.2 Å². The molecule has 76 valence electrons. The highest BCUT2D eigenvalue weighted by molar-refractivity contribution is 8.12. The number of hydrogen-bond donors (Lipinski definition) is 0. The molecule has 2 nitrogen and oxygen atoms in total. The third-order valence-corrected chi connectivity index (χ3v) is 5.12. The highest BCUT2D eigenvalue weighted by Gasteiger charge is 2.22. The van der Waals surface area contributed by atoms with Crippen molar-refractivity contribution in [1.29, 1.82) is 5.26 Å². The van der Waals surface area contributed by atoms with Gasteiger partial charge in [0.25, 0.3) is 0 Å². The normalized spacial score (nSPS) is 17.8. The van der Waals surface area contributed by atoms with Gasteiger partial charge >= 0.3 is 0 Å². The second-order valence-corrected chi connectivity index (χ2v) is 8.53. The molecule has 0 aromatic carbocycles. The molecule has 0 bridgehead atoms. The first kappa shape index (κ1) is 13.1. The Morgan fingerprint density at radius 3 is 2.38 bits per heavy atom. The molecule has 0 saturated carbocycles. The molecule has 0 unspecified atom stereocenters. The van der Waals surface area contributed by atoms with Gasteiger partial charge in [-0.15, -0.1) is 0 Å². The molecular formula is C9H18NOPS. The van der Waals surface area contributed by atoms with Gasteiger partial charge in [-0.25, -0.2) is 0 Å². The average Bonchev–Trinajstić information content (AvgIpc) is 2.03. The van der Waals surface area contributed by atoms with Crippen LogP contribution in [0.25, 0.3) is 0 Å². The van der Waals surface area contributed by atoms with Crippen LogP contribution in [0.3, 0.4) is 0 Å². The van der Waals surface area contributed by atoms with Gasteiger partial charge in [0.1, 0.15) is 0 Å². The second-order valence-electron chi connectivity index (χ2n) is 3.65. The van der Waals surface area contributed by atoms with E-state index in [4.69, 9.17) is 21.6 Å². The molecule has 0 amide bonds. The number of nitriles is 1. The van der Waals surface area contributed by atoms with Gasteiger partial charge in [0.05, 0.1) is 24.6 Å². The van der Waals surface area contributed by atoms with Crippen molar-refractivity contribution >= 4 is 18.1 Å². The van der Waals surface area contributed by atoms with E-state index in [0.29, 0.717) is 12.5 Å². The van der Waals surface area contributed by atoms with Gasteiger partial charge in [-0.1, -0.05) is 32.6 Å². The lowest BCUT2D eigenvalue weighted by Gasteiger charge is -2.22. The Morgan fingerprint density at radius 1 is 1.54 bits per heavy atom. The van der Waals surface area contributed by atoms with E-state index < -0.39 is 6.26 Å². The highest BCUT2D eigenvalue weighted by Crippen LogP contribution is 2.49. The van der Waals surface area contributed by atoms with E-state index in [2.05, 4.69) is 19.9 Å². The zero-order valence-corrected chi connectivity index (χ0v) is 10.5. The maximum atomic E-state index is 8.86. The summed E-state index contributed by atoms with van der Waals surface area (Å²) >= 11 is 5.35. The Bertz CT molecular complexity index is 234. The number of rotatable bonds is 5. The molecule has 0 fully saturated rings. The first-order valence-corrected chi connectivity index (χ1v) is 7.79. The van der Waals surface area contributed by atoms with Crippen LogP contribution in [0.15, 0.2) is 0 Å². The molecule has 0 spiro atoms. The average molecular weight is 219 g/mol. The van der Waals surface area contributed by atoms with Gasteiger partial charge in [-0.2, -0.15) is 5.26 Å². The molecule has 4 heteroatoms. The van der Waals surface area contributed by atoms with Crippen LogP contribution in [0.2, 0.25) is 0 Å². The SMILES string of the molecule is CC[C@H](C#N)[P@](C)(=S)OCC(C)C. The molecule has 0 heterocycles. The van der Waals surface area contributed by atoms with Crippen molar-refractivity contribution in [2.75, 3.05) is 13.3 Å². The summed E-state index contributed by atoms with van der Waals surface area (Å²) in [4.78, 5) is 0. The van der Waals surface area contributed by atoms with E-state index in [1.165, 1.54) is 0 Å². The molecular weight excluding hydrogens is 201 g/mol. The molecule has 0 aliphatic carbocycles. The first-order valence-electron chi connectivity index (χ1n) is 4.55. The molecule has 0 aromatic rings. The van der Waals surface area contributed by atoms with E-state index in [1.807, 2.05) is 13.6 Å². The fraction of sp³-hybridized carbons (Fsp3) is 0.889. The summed E-state index contributed by atoms with van der Waals surface area (Å²) in [5, 5.41) is 8.86. The summed E-state index contributed by atoms with van der Waals surface area (Å²) in [6.07, 6.45) is -1.09. The lowest BCUT2D eigenvalue weighted by Crippen LogP contribution is -2.09. The highest BCUT2D eigenvalue weighted by atomic mass is 32.4. The van der Waals surface area contributed by atoms with Crippen molar-refractivity contribution in [3.63, 3.8) is 0 Å². The largest absolute Gasteiger partial charge is 0.349 e. The summed E-state index contributed by atoms with van der Waals surface area (Å²) in [6, 6.07) is 2.24. The molecule has 0 aromatic heterocycles. The molecule has 0 rings (SSSR count). The van der Waals surface area contributed by atoms with Crippen LogP contribution in [0.5, 0.6) is 0 Å². The molecule has 0 radical (unpaired) electrons. The van der Waals surface area contributed by atoms with Crippen LogP contribution in [-0.4, -0.2) is 18.9 Å². The lowest BCUT2D eigenvalue weighted by molar-refractivity contribution is 0.296. The summed E-state index contributed by atoms with van der Waals surface area (Å²) in [5.74, 6) is 0.485. The Balaban J connectivity index is 4.23. The number of hydrogen-bond acceptors (Lipinski definition) is 3. The molecule has 2 atom stereocenters. The summed E-state index contributed by atoms with van der Waals surface area (Å²) in [7, 11) is 0. The molecule has 0 N–H and O–H groups in total. The van der Waals surface area contributed by atoms with Gasteiger partial charge in [0.2, 0.25) is 0 Å². The fourth-order valence-electron chi connectivity index (χ4n) is 0.915. The Kier molecular flexibility index (Phi) is 5.80. The van der Waals surface area contributed by atoms with Gasteiger partial charge in [0, 0.05) is 0 Å². The quantitative estimate of drug-likeness (QED) is 0.666. The van der Waals surface area contributed by atoms with Crippen molar-refractivity contribution in [2.45, 2.75) is 32.9 Å². The lowest BCUT2D eigenvalue weighted by atomic mass is 10.2. The van der Waals surface area contributed by atoms with Gasteiger partial charge < -0.3 is 4.52 Å². The van der Waals surface area contributed by atoms with Crippen LogP contribution in [0.1, 0.15) is 27.2 Å². The van der Waals surface area contributed by atoms with Gasteiger partial charge in [-0.05, 0) is 19.0 Å². The van der Waals surface area contributed by atoms with Crippen LogP contribution < -0.4 is 0 Å². The first-order chi connectivity index (χ1) is 5.94. The third kappa shape index (κ3) is 4.76. The predicted molar refractivity (Wildman–Crippen MR) is 60.7 cm³/mol. The minimum Gasteiger partial charge on any atom is -0.349 e. The number of nitrogens with zero attached hydrogens (tertiary/aromatic N) is 1. The maximum absolute atomic E-state index is 8.86. The summed E-state index contributed by atoms with van der Waals surface area (Å²) in [6.45, 7) is 8.75. The van der Waals surface area contributed by atoms with Crippen LogP contribution in [-0.2, 0) is 16.3 Å². The van der Waals surface area contributed by atoms with Crippen molar-refractivity contribution in [3.8, 4) is 6.07 Å². The van der Waals surface area contributed by atoms with E-state index in [9.17, 15) is 0 Å². The van der Waals surface area contributed by atoms with Gasteiger partial charge in [0.15, 0.2) is 0 Å². The monoisotopic (exact) mass is 219 g/mol. The minimum absolute atomic E-state index is 0.0822. The zero-order chi connectivity index (χ0) is 10.5.